The normalized spacial score (nSPS) is 16.6. The van der Waals surface area contributed by atoms with E-state index in [0.29, 0.717) is 25.4 Å². The standard InChI is InChI=1S/C24H29N5O4/c1-17(30)28-4-3-18-11-19(12-23(31-2)22(18)16-28)21-14-26-29-15-20(13-25-24(21)29)33-10-7-27-5-8-32-9-6-27/h11-15H,3-10,16H2,1-2H3. The molecule has 3 aromatic rings. The van der Waals surface area contributed by atoms with Crippen molar-refractivity contribution in [3.8, 4) is 22.6 Å². The van der Waals surface area contributed by atoms with Crippen LogP contribution in [-0.4, -0.2) is 83.4 Å². The van der Waals surface area contributed by atoms with Crippen LogP contribution in [0.3, 0.4) is 0 Å². The topological polar surface area (TPSA) is 81.4 Å². The van der Waals surface area contributed by atoms with Crippen molar-refractivity contribution in [3.05, 3.63) is 41.9 Å². The summed E-state index contributed by atoms with van der Waals surface area (Å²) in [5, 5.41) is 4.51. The monoisotopic (exact) mass is 451 g/mol. The van der Waals surface area contributed by atoms with Crippen LogP contribution in [0.4, 0.5) is 0 Å². The van der Waals surface area contributed by atoms with Gasteiger partial charge in [0.15, 0.2) is 11.4 Å². The molecule has 1 fully saturated rings. The van der Waals surface area contributed by atoms with Gasteiger partial charge in [0.1, 0.15) is 12.4 Å². The molecule has 33 heavy (non-hydrogen) atoms. The van der Waals surface area contributed by atoms with Gasteiger partial charge in [-0.15, -0.1) is 0 Å². The number of carbonyl (C=O) groups is 1. The first kappa shape index (κ1) is 21.7. The fraction of sp³-hybridized carbons (Fsp3) is 0.458. The van der Waals surface area contributed by atoms with Gasteiger partial charge in [0.25, 0.3) is 0 Å². The number of amides is 1. The summed E-state index contributed by atoms with van der Waals surface area (Å²) in [5.41, 5.74) is 4.97. The minimum atomic E-state index is 0.0848. The first-order chi connectivity index (χ1) is 16.1. The number of ether oxygens (including phenoxy) is 3. The van der Waals surface area contributed by atoms with E-state index in [1.54, 1.807) is 24.7 Å². The Bertz CT molecular complexity index is 1140. The molecule has 1 amide bonds. The molecule has 0 spiro atoms. The molecule has 5 rings (SSSR count). The summed E-state index contributed by atoms with van der Waals surface area (Å²) in [6.07, 6.45) is 6.24. The van der Waals surface area contributed by atoms with Gasteiger partial charge >= 0.3 is 0 Å². The SMILES string of the molecule is COc1cc(-c2cnn3cc(OCCN4CCOCC4)cnc23)cc2c1CN(C(C)=O)CC2. The molecule has 2 aliphatic rings. The Morgan fingerprint density at radius 3 is 2.82 bits per heavy atom. The van der Waals surface area contributed by atoms with Crippen molar-refractivity contribution in [3.63, 3.8) is 0 Å². The highest BCUT2D eigenvalue weighted by Gasteiger charge is 2.23. The average molecular weight is 452 g/mol. The van der Waals surface area contributed by atoms with Crippen LogP contribution in [0.1, 0.15) is 18.1 Å². The summed E-state index contributed by atoms with van der Waals surface area (Å²) in [5.74, 6) is 1.56. The number of methoxy groups -OCH3 is 1. The fourth-order valence-electron chi connectivity index (χ4n) is 4.49. The zero-order valence-corrected chi connectivity index (χ0v) is 19.1. The number of morpholine rings is 1. The summed E-state index contributed by atoms with van der Waals surface area (Å²) in [6.45, 7) is 7.82. The average Bonchev–Trinajstić information content (AvgIpc) is 3.27. The van der Waals surface area contributed by atoms with Crippen LogP contribution in [0.15, 0.2) is 30.7 Å². The predicted octanol–water partition coefficient (Wildman–Crippen LogP) is 2.02. The van der Waals surface area contributed by atoms with Crippen molar-refractivity contribution in [2.24, 2.45) is 0 Å². The number of aromatic nitrogens is 3. The lowest BCUT2D eigenvalue weighted by Crippen LogP contribution is -2.38. The number of carbonyl (C=O) groups excluding carboxylic acids is 1. The van der Waals surface area contributed by atoms with Gasteiger partial charge in [-0.3, -0.25) is 9.69 Å². The van der Waals surface area contributed by atoms with E-state index >= 15 is 0 Å². The maximum absolute atomic E-state index is 11.8. The van der Waals surface area contributed by atoms with Gasteiger partial charge in [-0.1, -0.05) is 6.07 Å². The van der Waals surface area contributed by atoms with E-state index in [1.807, 2.05) is 23.4 Å². The van der Waals surface area contributed by atoms with E-state index in [0.717, 1.165) is 67.4 Å². The van der Waals surface area contributed by atoms with Crippen molar-refractivity contribution in [2.45, 2.75) is 19.9 Å². The highest BCUT2D eigenvalue weighted by Crippen LogP contribution is 2.35. The maximum atomic E-state index is 11.8. The minimum absolute atomic E-state index is 0.0848. The molecule has 0 atom stereocenters. The zero-order chi connectivity index (χ0) is 22.8. The largest absolute Gasteiger partial charge is 0.496 e. The van der Waals surface area contributed by atoms with E-state index in [-0.39, 0.29) is 5.91 Å². The second-order valence-corrected chi connectivity index (χ2v) is 8.43. The molecule has 1 saturated heterocycles. The van der Waals surface area contributed by atoms with Gasteiger partial charge in [0.2, 0.25) is 5.91 Å². The van der Waals surface area contributed by atoms with Crippen LogP contribution >= 0.6 is 0 Å². The van der Waals surface area contributed by atoms with E-state index < -0.39 is 0 Å². The van der Waals surface area contributed by atoms with E-state index in [4.69, 9.17) is 14.2 Å². The highest BCUT2D eigenvalue weighted by molar-refractivity contribution is 5.79. The van der Waals surface area contributed by atoms with Crippen LogP contribution in [0.25, 0.3) is 16.8 Å². The summed E-state index contributed by atoms with van der Waals surface area (Å²) in [6, 6.07) is 4.18. The first-order valence-electron chi connectivity index (χ1n) is 11.3. The third-order valence-electron chi connectivity index (χ3n) is 6.39. The first-order valence-corrected chi connectivity index (χ1v) is 11.3. The summed E-state index contributed by atoms with van der Waals surface area (Å²) in [4.78, 5) is 20.6. The third kappa shape index (κ3) is 4.51. The van der Waals surface area contributed by atoms with E-state index in [9.17, 15) is 4.79 Å². The van der Waals surface area contributed by atoms with Crippen molar-refractivity contribution < 1.29 is 19.0 Å². The molecule has 0 N–H and O–H groups in total. The minimum Gasteiger partial charge on any atom is -0.496 e. The Balaban J connectivity index is 1.35. The predicted molar refractivity (Wildman–Crippen MR) is 123 cm³/mol. The molecule has 0 saturated carbocycles. The highest BCUT2D eigenvalue weighted by atomic mass is 16.5. The molecule has 2 aliphatic heterocycles. The molecule has 9 nitrogen and oxygen atoms in total. The van der Waals surface area contributed by atoms with Crippen LogP contribution in [-0.2, 0) is 22.5 Å². The number of benzene rings is 1. The van der Waals surface area contributed by atoms with Crippen LogP contribution in [0, 0.1) is 0 Å². The van der Waals surface area contributed by atoms with Crippen molar-refractivity contribution >= 4 is 11.6 Å². The molecule has 0 bridgehead atoms. The fourth-order valence-corrected chi connectivity index (χ4v) is 4.49. The molecule has 4 heterocycles. The zero-order valence-electron chi connectivity index (χ0n) is 19.1. The van der Waals surface area contributed by atoms with Gasteiger partial charge in [0.05, 0.1) is 38.9 Å². The molecule has 0 radical (unpaired) electrons. The molecular weight excluding hydrogens is 422 g/mol. The molecule has 174 valence electrons. The van der Waals surface area contributed by atoms with Gasteiger partial charge < -0.3 is 19.1 Å². The number of rotatable bonds is 6. The Kier molecular flexibility index (Phi) is 6.15. The molecule has 0 unspecified atom stereocenters. The number of hydrogen-bond acceptors (Lipinski definition) is 7. The van der Waals surface area contributed by atoms with Gasteiger partial charge in [-0.25, -0.2) is 9.50 Å². The Hall–Kier alpha value is -3.17. The van der Waals surface area contributed by atoms with E-state index in [1.165, 1.54) is 5.56 Å². The molecular formula is C24H29N5O4. The van der Waals surface area contributed by atoms with Gasteiger partial charge in [0, 0.05) is 50.8 Å². The quantitative estimate of drug-likeness (QED) is 0.567. The maximum Gasteiger partial charge on any atom is 0.219 e. The Labute approximate surface area is 192 Å². The molecule has 0 aliphatic carbocycles. The Morgan fingerprint density at radius 1 is 1.18 bits per heavy atom. The van der Waals surface area contributed by atoms with Crippen molar-refractivity contribution in [1.82, 2.24) is 24.4 Å². The summed E-state index contributed by atoms with van der Waals surface area (Å²) in [7, 11) is 1.67. The lowest BCUT2D eigenvalue weighted by molar-refractivity contribution is -0.129. The van der Waals surface area contributed by atoms with Crippen LogP contribution in [0.5, 0.6) is 11.5 Å². The second kappa shape index (κ2) is 9.36. The van der Waals surface area contributed by atoms with E-state index in [2.05, 4.69) is 21.0 Å². The lowest BCUT2D eigenvalue weighted by atomic mass is 9.94. The van der Waals surface area contributed by atoms with Gasteiger partial charge in [-0.2, -0.15) is 5.10 Å². The summed E-state index contributed by atoms with van der Waals surface area (Å²) >= 11 is 0. The molecule has 1 aromatic carbocycles. The van der Waals surface area contributed by atoms with Gasteiger partial charge in [-0.05, 0) is 23.6 Å². The van der Waals surface area contributed by atoms with Crippen LogP contribution in [0.2, 0.25) is 0 Å². The Morgan fingerprint density at radius 2 is 2.03 bits per heavy atom. The second-order valence-electron chi connectivity index (χ2n) is 8.43. The van der Waals surface area contributed by atoms with Crippen molar-refractivity contribution in [1.29, 1.82) is 0 Å². The lowest BCUT2D eigenvalue weighted by Gasteiger charge is -2.29. The molecule has 2 aromatic heterocycles. The number of nitrogens with zero attached hydrogens (tertiary/aromatic N) is 5. The van der Waals surface area contributed by atoms with Crippen molar-refractivity contribution in [2.75, 3.05) is 53.1 Å². The molecule has 9 heteroatoms. The third-order valence-corrected chi connectivity index (χ3v) is 6.39. The number of hydrogen-bond donors (Lipinski definition) is 0. The smallest absolute Gasteiger partial charge is 0.219 e. The van der Waals surface area contributed by atoms with Crippen LogP contribution < -0.4 is 9.47 Å². The summed E-state index contributed by atoms with van der Waals surface area (Å²) < 4.78 is 18.7. The number of fused-ring (bicyclic) bond motifs is 2.